The number of ether oxygens (including phenoxy) is 3. The molecule has 1 aliphatic heterocycles. The zero-order valence-corrected chi connectivity index (χ0v) is 30.6. The molecule has 12 nitrogen and oxygen atoms in total. The van der Waals surface area contributed by atoms with E-state index in [1.54, 1.807) is 27.5 Å². The number of hydrogen-bond acceptors (Lipinski definition) is 12. The first-order valence-electron chi connectivity index (χ1n) is 13.3. The van der Waals surface area contributed by atoms with Gasteiger partial charge in [0.05, 0.1) is 21.3 Å². The van der Waals surface area contributed by atoms with Gasteiger partial charge in [-0.15, -0.1) is 0 Å². The molecule has 0 aliphatic carbocycles. The van der Waals surface area contributed by atoms with Crippen molar-refractivity contribution in [2.45, 2.75) is 39.5 Å². The number of nitrogens with two attached hydrogens (primary N) is 2. The molecule has 0 bridgehead atoms. The molecule has 8 N–H and O–H groups in total. The van der Waals surface area contributed by atoms with Gasteiger partial charge in [-0.1, -0.05) is 18.2 Å². The molecule has 1 saturated heterocycles. The second-order valence-electron chi connectivity index (χ2n) is 9.52. The van der Waals surface area contributed by atoms with E-state index in [1.165, 1.54) is 48.2 Å². The van der Waals surface area contributed by atoms with Gasteiger partial charge in [0.1, 0.15) is 18.0 Å². The van der Waals surface area contributed by atoms with E-state index in [1.807, 2.05) is 29.6 Å². The summed E-state index contributed by atoms with van der Waals surface area (Å²) in [5.74, 6) is 8.17. The summed E-state index contributed by atoms with van der Waals surface area (Å²) in [7, 11) is 6.72. The minimum absolute atomic E-state index is 0. The topological polar surface area (TPSA) is 176 Å². The van der Waals surface area contributed by atoms with Crippen molar-refractivity contribution in [1.29, 1.82) is 0 Å². The van der Waals surface area contributed by atoms with E-state index >= 15 is 0 Å². The number of rotatable bonds is 11. The summed E-state index contributed by atoms with van der Waals surface area (Å²) in [4.78, 5) is 11.3. The maximum atomic E-state index is 5.38. The van der Waals surface area contributed by atoms with Crippen LogP contribution in [-0.2, 0) is 10.7 Å². The summed E-state index contributed by atoms with van der Waals surface area (Å²) in [6, 6.07) is 12.2. The van der Waals surface area contributed by atoms with Crippen LogP contribution in [0, 0.1) is 13.8 Å². The van der Waals surface area contributed by atoms with Crippen LogP contribution in [0.25, 0.3) is 6.15 Å². The third-order valence-corrected chi connectivity index (χ3v) is 7.22. The minimum atomic E-state index is 0. The number of anilines is 3. The van der Waals surface area contributed by atoms with Crippen molar-refractivity contribution in [2.75, 3.05) is 58.2 Å². The molecule has 1 aromatic heterocycles. The van der Waals surface area contributed by atoms with Crippen LogP contribution in [0.4, 0.5) is 17.5 Å². The van der Waals surface area contributed by atoms with Crippen molar-refractivity contribution < 1.29 is 69.9 Å². The monoisotopic (exact) mass is 642 g/mol. The Hall–Kier alpha value is -1.69. The third-order valence-electron chi connectivity index (χ3n) is 6.70. The Kier molecular flexibility index (Phi) is 21.1. The predicted molar refractivity (Wildman–Crippen MR) is 173 cm³/mol. The van der Waals surface area contributed by atoms with E-state index < -0.39 is 0 Å². The van der Waals surface area contributed by atoms with Gasteiger partial charge in [0.2, 0.25) is 11.7 Å². The smallest absolute Gasteiger partial charge is 0.693 e. The summed E-state index contributed by atoms with van der Waals surface area (Å²) >= 11 is 1.17. The van der Waals surface area contributed by atoms with Crippen LogP contribution in [0.3, 0.4) is 0 Å². The summed E-state index contributed by atoms with van der Waals surface area (Å²) in [5, 5.41) is 3.22. The zero-order valence-electron chi connectivity index (χ0n) is 26.7. The first-order valence-corrected chi connectivity index (χ1v) is 14.0. The number of piperidine rings is 1. The third kappa shape index (κ3) is 13.1. The molecule has 234 valence electrons. The maximum Gasteiger partial charge on any atom is 1.00 e. The van der Waals surface area contributed by atoms with Gasteiger partial charge in [-0.2, -0.15) is 4.98 Å². The molecule has 0 atom stereocenters. The predicted octanol–water partition coefficient (Wildman–Crippen LogP) is 3.35. The number of nitrogens with one attached hydrogen (secondary N) is 1. The Morgan fingerprint density at radius 3 is 2.16 bits per heavy atom. The van der Waals surface area contributed by atoms with Crippen LogP contribution in [0.5, 0.6) is 17.2 Å². The van der Waals surface area contributed by atoms with Crippen molar-refractivity contribution in [3.05, 3.63) is 65.4 Å². The summed E-state index contributed by atoms with van der Waals surface area (Å²) < 4.78 is 22.6. The maximum absolute atomic E-state index is 5.38. The van der Waals surface area contributed by atoms with E-state index in [2.05, 4.69) is 56.5 Å². The molecule has 1 aliphatic rings. The summed E-state index contributed by atoms with van der Waals surface area (Å²) in [5.41, 5.74) is 4.80. The quantitative estimate of drug-likeness (QED) is 0.121. The Morgan fingerprint density at radius 2 is 1.60 bits per heavy atom. The molecular formula is C29H47KN8O4S. The molecule has 0 radical (unpaired) electrons. The normalized spacial score (nSPS) is 12.0. The minimum Gasteiger partial charge on any atom is -0.693 e. The number of nitrogens with zero attached hydrogens (tertiary/aromatic N) is 4. The number of likely N-dealkylation sites (N-methyl/N-ethyl adjacent to an activating group) is 1. The second-order valence-corrected chi connectivity index (χ2v) is 10.5. The molecule has 0 saturated carbocycles. The first-order chi connectivity index (χ1) is 19.4. The summed E-state index contributed by atoms with van der Waals surface area (Å²) in [6.07, 6.45) is 6.49. The Labute approximate surface area is 303 Å². The molecule has 14 heteroatoms. The van der Waals surface area contributed by atoms with Gasteiger partial charge >= 0.3 is 51.4 Å². The van der Waals surface area contributed by atoms with Gasteiger partial charge in [-0.05, 0) is 69.3 Å². The van der Waals surface area contributed by atoms with Gasteiger partial charge in [0.25, 0.3) is 0 Å². The molecule has 1 fully saturated rings. The second kappa shape index (κ2) is 21.9. The van der Waals surface area contributed by atoms with Gasteiger partial charge in [0.15, 0.2) is 11.5 Å². The van der Waals surface area contributed by atoms with Crippen LogP contribution in [0.2, 0.25) is 0 Å². The fraction of sp³-hybridized carbons (Fsp3) is 0.448. The van der Waals surface area contributed by atoms with Crippen LogP contribution in [-0.4, -0.2) is 62.3 Å². The molecule has 43 heavy (non-hydrogen) atoms. The largest absolute Gasteiger partial charge is 1.00 e. The molecule has 0 amide bonds. The molecule has 0 unspecified atom stereocenters. The van der Waals surface area contributed by atoms with Crippen LogP contribution >= 0.6 is 12.2 Å². The van der Waals surface area contributed by atoms with E-state index in [9.17, 15) is 0 Å². The zero-order chi connectivity index (χ0) is 28.9. The first kappa shape index (κ1) is 41.3. The number of benzene rings is 2. The Morgan fingerprint density at radius 1 is 0.953 bits per heavy atom. The van der Waals surface area contributed by atoms with E-state index in [4.69, 9.17) is 20.1 Å². The fourth-order valence-electron chi connectivity index (χ4n) is 4.35. The SMILES string of the molecule is COc1cc(Nc2nccc(N3CCCCC3)n2)cc(OC)c1OC.Cc1ccc(CCN(C)SON)cc1C.N.[K+].[NH2-]. The number of aryl methyl sites for hydroxylation is 2. The van der Waals surface area contributed by atoms with E-state index in [0.717, 1.165) is 37.6 Å². The number of aromatic nitrogens is 2. The van der Waals surface area contributed by atoms with Crippen LogP contribution in [0.15, 0.2) is 42.6 Å². The van der Waals surface area contributed by atoms with Gasteiger partial charge < -0.3 is 36.7 Å². The molecule has 4 rings (SSSR count). The van der Waals surface area contributed by atoms with Crippen molar-refractivity contribution >= 4 is 29.7 Å². The number of hydrogen-bond donors (Lipinski definition) is 3. The number of methoxy groups -OCH3 is 3. The Balaban J connectivity index is 0.000000855. The van der Waals surface area contributed by atoms with E-state index in [-0.39, 0.29) is 63.7 Å². The molecule has 2 aromatic carbocycles. The van der Waals surface area contributed by atoms with Gasteiger partial charge in [-0.25, -0.2) is 19.5 Å². The molecule has 2 heterocycles. The van der Waals surface area contributed by atoms with Crippen LogP contribution in [0.1, 0.15) is 36.0 Å². The summed E-state index contributed by atoms with van der Waals surface area (Å²) in [6.45, 7) is 7.27. The fourth-order valence-corrected chi connectivity index (χ4v) is 4.66. The van der Waals surface area contributed by atoms with Gasteiger partial charge in [-0.3, -0.25) is 0 Å². The van der Waals surface area contributed by atoms with Crippen molar-refractivity contribution in [3.8, 4) is 17.2 Å². The van der Waals surface area contributed by atoms with E-state index in [0.29, 0.717) is 23.2 Å². The molecule has 3 aromatic rings. The Bertz CT molecular complexity index is 1200. The molecule has 0 spiro atoms. The van der Waals surface area contributed by atoms with Crippen LogP contribution < -0.4 is 87.9 Å². The van der Waals surface area contributed by atoms with Crippen molar-refractivity contribution in [3.63, 3.8) is 0 Å². The van der Waals surface area contributed by atoms with Crippen molar-refractivity contribution in [1.82, 2.24) is 20.4 Å². The standard InChI is InChI=1S/C18H24N4O3.C11H18N2OS.K.H3N.H2N/c1-23-14-11-13(12-15(24-2)17(14)25-3)20-18-19-8-7-16(21-18)22-9-5-4-6-10-22;1-9-4-5-11(8-10(9)2)6-7-13(3)15-14-12;;;/h7-8,11-12H,4-6,9-10H2,1-3H3,(H,19,20,21);4-5,8H,6-7,12H2,1-3H3;;1H3;1H2/q;;+1;;-1. The average molecular weight is 643 g/mol. The molecular weight excluding hydrogens is 596 g/mol. The van der Waals surface area contributed by atoms with Crippen molar-refractivity contribution in [2.24, 2.45) is 5.90 Å². The van der Waals surface area contributed by atoms with Gasteiger partial charge in [0, 0.05) is 43.7 Å². The average Bonchev–Trinajstić information content (AvgIpc) is 2.98.